The molecule has 0 amide bonds. The Kier molecular flexibility index (Phi) is 5.72. The van der Waals surface area contributed by atoms with E-state index in [2.05, 4.69) is 0 Å². The minimum atomic E-state index is -0.357. The summed E-state index contributed by atoms with van der Waals surface area (Å²) in [6.07, 6.45) is 1.10. The number of aliphatic hydroxyl groups is 1. The highest BCUT2D eigenvalue weighted by Crippen LogP contribution is 2.05. The van der Waals surface area contributed by atoms with Crippen molar-refractivity contribution < 1.29 is 14.6 Å². The van der Waals surface area contributed by atoms with E-state index in [1.807, 2.05) is 6.92 Å². The highest BCUT2D eigenvalue weighted by molar-refractivity contribution is 5.69. The molecule has 72 valence electrons. The van der Waals surface area contributed by atoms with Gasteiger partial charge in [-0.25, -0.2) is 0 Å². The normalized spacial score (nSPS) is 15.3. The van der Waals surface area contributed by atoms with Crippen LogP contribution in [-0.2, 0) is 9.53 Å². The molecule has 0 heterocycles. The van der Waals surface area contributed by atoms with Gasteiger partial charge in [0.2, 0.25) is 0 Å². The molecule has 0 aromatic heterocycles. The summed E-state index contributed by atoms with van der Waals surface area (Å²) in [5.74, 6) is -0.203. The Bertz CT molecular complexity index is 134. The molecule has 0 aromatic carbocycles. The van der Waals surface area contributed by atoms with E-state index in [4.69, 9.17) is 4.74 Å². The van der Waals surface area contributed by atoms with Crippen LogP contribution in [0.1, 0.15) is 40.0 Å². The van der Waals surface area contributed by atoms with Crippen molar-refractivity contribution in [3.63, 3.8) is 0 Å². The van der Waals surface area contributed by atoms with Crippen molar-refractivity contribution in [2.75, 3.05) is 0 Å². The monoisotopic (exact) mass is 174 g/mol. The second kappa shape index (κ2) is 6.00. The van der Waals surface area contributed by atoms with Crippen molar-refractivity contribution >= 4 is 5.97 Å². The lowest BCUT2D eigenvalue weighted by Gasteiger charge is -2.15. The van der Waals surface area contributed by atoms with Crippen LogP contribution in [0, 0.1) is 0 Å². The second-order valence-electron chi connectivity index (χ2n) is 2.95. The predicted molar refractivity (Wildman–Crippen MR) is 46.8 cm³/mol. The van der Waals surface area contributed by atoms with E-state index in [0.29, 0.717) is 19.3 Å². The molecule has 0 aromatic rings. The van der Waals surface area contributed by atoms with Gasteiger partial charge in [0, 0.05) is 12.8 Å². The molecule has 0 radical (unpaired) electrons. The third-order valence-electron chi connectivity index (χ3n) is 1.70. The van der Waals surface area contributed by atoms with Crippen LogP contribution in [0.3, 0.4) is 0 Å². The third kappa shape index (κ3) is 5.13. The number of carbonyl (C=O) groups excluding carboxylic acids is 1. The number of rotatable bonds is 5. The molecule has 1 N–H and O–H groups in total. The van der Waals surface area contributed by atoms with Crippen LogP contribution in [0.2, 0.25) is 0 Å². The smallest absolute Gasteiger partial charge is 0.305 e. The fourth-order valence-corrected chi connectivity index (χ4v) is 0.906. The summed E-state index contributed by atoms with van der Waals surface area (Å²) in [6, 6.07) is 0. The Morgan fingerprint density at radius 3 is 2.50 bits per heavy atom. The molecular weight excluding hydrogens is 156 g/mol. The van der Waals surface area contributed by atoms with Crippen molar-refractivity contribution in [3.05, 3.63) is 0 Å². The van der Waals surface area contributed by atoms with Crippen molar-refractivity contribution in [1.82, 2.24) is 0 Å². The van der Waals surface area contributed by atoms with Crippen LogP contribution in [0.5, 0.6) is 0 Å². The molecule has 3 nitrogen and oxygen atoms in total. The van der Waals surface area contributed by atoms with Crippen molar-refractivity contribution in [2.45, 2.75) is 52.2 Å². The van der Waals surface area contributed by atoms with Crippen LogP contribution in [0.15, 0.2) is 0 Å². The van der Waals surface area contributed by atoms with Crippen molar-refractivity contribution in [1.29, 1.82) is 0 Å². The molecule has 0 aliphatic rings. The summed E-state index contributed by atoms with van der Waals surface area (Å²) >= 11 is 0. The van der Waals surface area contributed by atoms with Crippen LogP contribution in [0.4, 0.5) is 0 Å². The van der Waals surface area contributed by atoms with E-state index in [1.54, 1.807) is 13.8 Å². The maximum atomic E-state index is 10.8. The summed E-state index contributed by atoms with van der Waals surface area (Å²) in [7, 11) is 0. The molecule has 0 bridgehead atoms. The Morgan fingerprint density at radius 1 is 1.50 bits per heavy atom. The lowest BCUT2D eigenvalue weighted by Crippen LogP contribution is -2.20. The molecule has 0 spiro atoms. The standard InChI is InChI=1S/C9H18O3/c1-4-8(10)6-7(3)12-9(11)5-2/h7-8,10H,4-6H2,1-3H3/t7-,8-/m1/s1. The van der Waals surface area contributed by atoms with Gasteiger partial charge in [-0.15, -0.1) is 0 Å². The average molecular weight is 174 g/mol. The van der Waals surface area contributed by atoms with Gasteiger partial charge < -0.3 is 9.84 Å². The summed E-state index contributed by atoms with van der Waals surface area (Å²) in [6.45, 7) is 5.46. The lowest BCUT2D eigenvalue weighted by atomic mass is 10.1. The minimum Gasteiger partial charge on any atom is -0.463 e. The van der Waals surface area contributed by atoms with Crippen molar-refractivity contribution in [3.8, 4) is 0 Å². The second-order valence-corrected chi connectivity index (χ2v) is 2.95. The minimum absolute atomic E-state index is 0.174. The number of hydrogen-bond donors (Lipinski definition) is 1. The fourth-order valence-electron chi connectivity index (χ4n) is 0.906. The molecule has 0 aliphatic heterocycles. The number of aliphatic hydroxyl groups excluding tert-OH is 1. The zero-order valence-electron chi connectivity index (χ0n) is 8.04. The Labute approximate surface area is 73.7 Å². The first kappa shape index (κ1) is 11.4. The maximum absolute atomic E-state index is 10.8. The van der Waals surface area contributed by atoms with Crippen LogP contribution < -0.4 is 0 Å². The number of carbonyl (C=O) groups is 1. The van der Waals surface area contributed by atoms with Gasteiger partial charge in [0.15, 0.2) is 0 Å². The van der Waals surface area contributed by atoms with Gasteiger partial charge in [-0.3, -0.25) is 4.79 Å². The Balaban J connectivity index is 3.58. The zero-order chi connectivity index (χ0) is 9.56. The maximum Gasteiger partial charge on any atom is 0.305 e. The first-order valence-corrected chi connectivity index (χ1v) is 4.47. The molecule has 0 saturated heterocycles. The summed E-state index contributed by atoms with van der Waals surface area (Å²) < 4.78 is 4.97. The summed E-state index contributed by atoms with van der Waals surface area (Å²) in [4.78, 5) is 10.8. The molecule has 12 heavy (non-hydrogen) atoms. The van der Waals surface area contributed by atoms with E-state index in [0.717, 1.165) is 0 Å². The van der Waals surface area contributed by atoms with E-state index in [-0.39, 0.29) is 18.2 Å². The summed E-state index contributed by atoms with van der Waals surface area (Å²) in [5.41, 5.74) is 0. The van der Waals surface area contributed by atoms with E-state index < -0.39 is 0 Å². The largest absolute Gasteiger partial charge is 0.463 e. The van der Waals surface area contributed by atoms with Crippen LogP contribution in [-0.4, -0.2) is 23.3 Å². The van der Waals surface area contributed by atoms with Crippen LogP contribution >= 0.6 is 0 Å². The van der Waals surface area contributed by atoms with Gasteiger partial charge in [0.1, 0.15) is 6.10 Å². The first-order valence-electron chi connectivity index (χ1n) is 4.47. The fraction of sp³-hybridized carbons (Fsp3) is 0.889. The van der Waals surface area contributed by atoms with E-state index in [9.17, 15) is 9.90 Å². The van der Waals surface area contributed by atoms with E-state index >= 15 is 0 Å². The molecule has 2 atom stereocenters. The Morgan fingerprint density at radius 2 is 2.08 bits per heavy atom. The van der Waals surface area contributed by atoms with Gasteiger partial charge in [-0.1, -0.05) is 13.8 Å². The van der Waals surface area contributed by atoms with Gasteiger partial charge in [0.25, 0.3) is 0 Å². The van der Waals surface area contributed by atoms with Gasteiger partial charge in [0.05, 0.1) is 6.10 Å². The Hall–Kier alpha value is -0.570. The summed E-state index contributed by atoms with van der Waals surface area (Å²) in [5, 5.41) is 9.22. The van der Waals surface area contributed by atoms with Gasteiger partial charge in [-0.05, 0) is 13.3 Å². The van der Waals surface area contributed by atoms with Gasteiger partial charge >= 0.3 is 5.97 Å². The first-order chi connectivity index (χ1) is 5.60. The molecule has 0 fully saturated rings. The molecule has 0 aliphatic carbocycles. The number of hydrogen-bond acceptors (Lipinski definition) is 3. The predicted octanol–water partition coefficient (Wildman–Crippen LogP) is 1.49. The molecule has 0 unspecified atom stereocenters. The third-order valence-corrected chi connectivity index (χ3v) is 1.70. The highest BCUT2D eigenvalue weighted by atomic mass is 16.5. The highest BCUT2D eigenvalue weighted by Gasteiger charge is 2.11. The zero-order valence-corrected chi connectivity index (χ0v) is 8.04. The van der Waals surface area contributed by atoms with E-state index in [1.165, 1.54) is 0 Å². The van der Waals surface area contributed by atoms with Crippen LogP contribution in [0.25, 0.3) is 0 Å². The lowest BCUT2D eigenvalue weighted by molar-refractivity contribution is -0.149. The molecule has 3 heteroatoms. The molecule has 0 rings (SSSR count). The number of ether oxygens (including phenoxy) is 1. The average Bonchev–Trinajstić information content (AvgIpc) is 2.03. The molecule has 0 saturated carbocycles. The van der Waals surface area contributed by atoms with Gasteiger partial charge in [-0.2, -0.15) is 0 Å². The quantitative estimate of drug-likeness (QED) is 0.642. The SMILES string of the molecule is CCC(=O)O[C@H](C)C[C@H](O)CC. The number of esters is 1. The molecular formula is C9H18O3. The topological polar surface area (TPSA) is 46.5 Å². The van der Waals surface area contributed by atoms with Crippen molar-refractivity contribution in [2.24, 2.45) is 0 Å².